The first-order valence-corrected chi connectivity index (χ1v) is 7.98. The summed E-state index contributed by atoms with van der Waals surface area (Å²) < 4.78 is 10.4. The highest BCUT2D eigenvalue weighted by molar-refractivity contribution is 5.77. The van der Waals surface area contributed by atoms with E-state index in [1.165, 1.54) is 12.8 Å². The van der Waals surface area contributed by atoms with E-state index in [4.69, 9.17) is 9.47 Å². The maximum atomic E-state index is 11.7. The van der Waals surface area contributed by atoms with Crippen molar-refractivity contribution < 1.29 is 19.1 Å². The van der Waals surface area contributed by atoms with Crippen molar-refractivity contribution in [2.45, 2.75) is 77.7 Å². The highest BCUT2D eigenvalue weighted by Crippen LogP contribution is 2.29. The Kier molecular flexibility index (Phi) is 8.31. The molecular weight excluding hydrogens is 256 g/mol. The summed E-state index contributed by atoms with van der Waals surface area (Å²) in [5, 5.41) is 0. The summed E-state index contributed by atoms with van der Waals surface area (Å²) in [7, 11) is 0. The van der Waals surface area contributed by atoms with E-state index in [0.29, 0.717) is 12.5 Å². The molecular formula is C16H28O4. The minimum Gasteiger partial charge on any atom is -0.466 e. The highest BCUT2D eigenvalue weighted by Gasteiger charge is 2.24. The first-order valence-electron chi connectivity index (χ1n) is 7.98. The third-order valence-corrected chi connectivity index (χ3v) is 3.93. The van der Waals surface area contributed by atoms with Gasteiger partial charge in [0.05, 0.1) is 19.4 Å². The maximum absolute atomic E-state index is 11.7. The van der Waals surface area contributed by atoms with Crippen LogP contribution < -0.4 is 0 Å². The second kappa shape index (κ2) is 9.78. The van der Waals surface area contributed by atoms with E-state index in [2.05, 4.69) is 6.92 Å². The molecule has 0 aromatic carbocycles. The number of unbranched alkanes of at least 4 members (excludes halogenated alkanes) is 2. The molecule has 116 valence electrons. The van der Waals surface area contributed by atoms with Crippen LogP contribution in [0.25, 0.3) is 0 Å². The van der Waals surface area contributed by atoms with Crippen LogP contribution in [0.5, 0.6) is 0 Å². The highest BCUT2D eigenvalue weighted by atomic mass is 16.5. The van der Waals surface area contributed by atoms with Gasteiger partial charge < -0.3 is 9.47 Å². The van der Waals surface area contributed by atoms with Crippen molar-refractivity contribution in [3.8, 4) is 0 Å². The molecule has 1 aliphatic carbocycles. The van der Waals surface area contributed by atoms with E-state index in [1.54, 1.807) is 0 Å². The molecule has 0 N–H and O–H groups in total. The lowest BCUT2D eigenvalue weighted by Crippen LogP contribution is -2.22. The zero-order chi connectivity index (χ0) is 14.8. The average molecular weight is 284 g/mol. The van der Waals surface area contributed by atoms with Gasteiger partial charge in [-0.25, -0.2) is 0 Å². The molecule has 1 aliphatic rings. The molecule has 0 aromatic rings. The summed E-state index contributed by atoms with van der Waals surface area (Å²) in [6.45, 7) is 4.51. The summed E-state index contributed by atoms with van der Waals surface area (Å²) in [6, 6.07) is 0. The minimum atomic E-state index is -0.299. The summed E-state index contributed by atoms with van der Waals surface area (Å²) in [6.07, 6.45) is 8.05. The molecule has 0 spiro atoms. The van der Waals surface area contributed by atoms with Gasteiger partial charge in [-0.05, 0) is 32.1 Å². The number of carbonyl (C=O) groups excluding carboxylic acids is 2. The van der Waals surface area contributed by atoms with Gasteiger partial charge in [-0.2, -0.15) is 0 Å². The quantitative estimate of drug-likeness (QED) is 0.479. The SMILES string of the molecule is CCCCCOC(=O)CCC(=O)OC(C)C1CCCC1. The molecule has 0 aromatic heterocycles. The number of esters is 2. The molecule has 4 nitrogen and oxygen atoms in total. The smallest absolute Gasteiger partial charge is 0.306 e. The Morgan fingerprint density at radius 2 is 1.75 bits per heavy atom. The summed E-state index contributed by atoms with van der Waals surface area (Å²) in [5.74, 6) is -0.0820. The van der Waals surface area contributed by atoms with Gasteiger partial charge in [0, 0.05) is 0 Å². The predicted molar refractivity (Wildman–Crippen MR) is 77.2 cm³/mol. The van der Waals surface area contributed by atoms with Crippen molar-refractivity contribution in [1.29, 1.82) is 0 Å². The zero-order valence-corrected chi connectivity index (χ0v) is 12.9. The van der Waals surface area contributed by atoms with Gasteiger partial charge in [0.2, 0.25) is 0 Å². The Morgan fingerprint density at radius 3 is 2.40 bits per heavy atom. The van der Waals surface area contributed by atoms with Crippen LogP contribution in [-0.4, -0.2) is 24.6 Å². The number of ether oxygens (including phenoxy) is 2. The van der Waals surface area contributed by atoms with E-state index in [-0.39, 0.29) is 30.9 Å². The Morgan fingerprint density at radius 1 is 1.10 bits per heavy atom. The first-order chi connectivity index (χ1) is 9.63. The van der Waals surface area contributed by atoms with Crippen LogP contribution >= 0.6 is 0 Å². The fourth-order valence-corrected chi connectivity index (χ4v) is 2.60. The lowest BCUT2D eigenvalue weighted by Gasteiger charge is -2.19. The Hall–Kier alpha value is -1.06. The van der Waals surface area contributed by atoms with Gasteiger partial charge >= 0.3 is 11.9 Å². The molecule has 0 amide bonds. The monoisotopic (exact) mass is 284 g/mol. The molecule has 1 fully saturated rings. The molecule has 0 bridgehead atoms. The van der Waals surface area contributed by atoms with E-state index in [1.807, 2.05) is 6.92 Å². The van der Waals surface area contributed by atoms with Gasteiger partial charge in [0.15, 0.2) is 0 Å². The Bertz CT molecular complexity index is 295. The van der Waals surface area contributed by atoms with E-state index in [9.17, 15) is 9.59 Å². The summed E-state index contributed by atoms with van der Waals surface area (Å²) in [5.41, 5.74) is 0. The van der Waals surface area contributed by atoms with Crippen LogP contribution in [0.2, 0.25) is 0 Å². The first kappa shape index (κ1) is 17.0. The summed E-state index contributed by atoms with van der Waals surface area (Å²) in [4.78, 5) is 23.1. The van der Waals surface area contributed by atoms with Crippen LogP contribution in [0.4, 0.5) is 0 Å². The van der Waals surface area contributed by atoms with Gasteiger partial charge in [-0.15, -0.1) is 0 Å². The zero-order valence-electron chi connectivity index (χ0n) is 12.9. The molecule has 1 rings (SSSR count). The fourth-order valence-electron chi connectivity index (χ4n) is 2.60. The average Bonchev–Trinajstić information content (AvgIpc) is 2.95. The van der Waals surface area contributed by atoms with Crippen molar-refractivity contribution >= 4 is 11.9 Å². The summed E-state index contributed by atoms with van der Waals surface area (Å²) >= 11 is 0. The normalized spacial score (nSPS) is 16.9. The van der Waals surface area contributed by atoms with Gasteiger partial charge in [-0.3, -0.25) is 9.59 Å². The van der Waals surface area contributed by atoms with E-state index in [0.717, 1.165) is 32.1 Å². The van der Waals surface area contributed by atoms with Crippen molar-refractivity contribution in [2.75, 3.05) is 6.61 Å². The van der Waals surface area contributed by atoms with Crippen LogP contribution in [-0.2, 0) is 19.1 Å². The van der Waals surface area contributed by atoms with Crippen molar-refractivity contribution in [2.24, 2.45) is 5.92 Å². The van der Waals surface area contributed by atoms with Crippen molar-refractivity contribution in [3.05, 3.63) is 0 Å². The number of hydrogen-bond donors (Lipinski definition) is 0. The Balaban J connectivity index is 2.08. The van der Waals surface area contributed by atoms with Crippen LogP contribution in [0.15, 0.2) is 0 Å². The molecule has 0 heterocycles. The standard InChI is InChI=1S/C16H28O4/c1-3-4-7-12-19-15(17)10-11-16(18)20-13(2)14-8-5-6-9-14/h13-14H,3-12H2,1-2H3. The maximum Gasteiger partial charge on any atom is 0.306 e. The minimum absolute atomic E-state index is 0.0226. The second-order valence-corrected chi connectivity index (χ2v) is 5.67. The lowest BCUT2D eigenvalue weighted by molar-refractivity contribution is -0.154. The van der Waals surface area contributed by atoms with Crippen LogP contribution in [0.1, 0.15) is 71.6 Å². The fraction of sp³-hybridized carbons (Fsp3) is 0.875. The number of hydrogen-bond acceptors (Lipinski definition) is 4. The third-order valence-electron chi connectivity index (χ3n) is 3.93. The molecule has 0 saturated heterocycles. The van der Waals surface area contributed by atoms with Crippen LogP contribution in [0, 0.1) is 5.92 Å². The van der Waals surface area contributed by atoms with Gasteiger partial charge in [-0.1, -0.05) is 32.6 Å². The molecule has 4 heteroatoms. The van der Waals surface area contributed by atoms with Gasteiger partial charge in [0.1, 0.15) is 6.10 Å². The third kappa shape index (κ3) is 6.92. The Labute approximate surface area is 122 Å². The molecule has 20 heavy (non-hydrogen) atoms. The van der Waals surface area contributed by atoms with E-state index >= 15 is 0 Å². The molecule has 1 unspecified atom stereocenters. The number of rotatable bonds is 9. The second-order valence-electron chi connectivity index (χ2n) is 5.67. The topological polar surface area (TPSA) is 52.6 Å². The van der Waals surface area contributed by atoms with Crippen molar-refractivity contribution in [1.82, 2.24) is 0 Å². The molecule has 0 radical (unpaired) electrons. The molecule has 1 saturated carbocycles. The molecule has 1 atom stereocenters. The lowest BCUT2D eigenvalue weighted by atomic mass is 10.0. The van der Waals surface area contributed by atoms with E-state index < -0.39 is 0 Å². The predicted octanol–water partition coefficient (Wildman–Crippen LogP) is 3.62. The largest absolute Gasteiger partial charge is 0.466 e. The molecule has 0 aliphatic heterocycles. The van der Waals surface area contributed by atoms with Gasteiger partial charge in [0.25, 0.3) is 0 Å². The van der Waals surface area contributed by atoms with Crippen molar-refractivity contribution in [3.63, 3.8) is 0 Å². The van der Waals surface area contributed by atoms with Crippen LogP contribution in [0.3, 0.4) is 0 Å². The number of carbonyl (C=O) groups is 2.